The molecule has 0 bridgehead atoms. The maximum Gasteiger partial charge on any atom is 0.328 e. The van der Waals surface area contributed by atoms with Crippen molar-refractivity contribution >= 4 is 17.8 Å². The molecule has 1 unspecified atom stereocenters. The van der Waals surface area contributed by atoms with Crippen molar-refractivity contribution in [3.8, 4) is 0 Å². The van der Waals surface area contributed by atoms with Gasteiger partial charge in [0.1, 0.15) is 5.92 Å². The number of imide groups is 2. The molecule has 118 valence electrons. The summed E-state index contributed by atoms with van der Waals surface area (Å²) in [4.78, 5) is 35.5. The number of hydrogen-bond acceptors (Lipinski definition) is 3. The van der Waals surface area contributed by atoms with E-state index >= 15 is 0 Å². The number of amides is 4. The lowest BCUT2D eigenvalue weighted by Gasteiger charge is -2.36. The first-order chi connectivity index (χ1) is 10.1. The van der Waals surface area contributed by atoms with E-state index in [0.29, 0.717) is 5.92 Å². The van der Waals surface area contributed by atoms with Gasteiger partial charge in [-0.2, -0.15) is 0 Å². The quantitative estimate of drug-likeness (QED) is 0.584. The largest absolute Gasteiger partial charge is 0.328 e. The fraction of sp³-hybridized carbons (Fsp3) is 0.812. The first-order valence-electron chi connectivity index (χ1n) is 8.29. The first-order valence-corrected chi connectivity index (χ1v) is 8.29. The van der Waals surface area contributed by atoms with Gasteiger partial charge in [-0.3, -0.25) is 20.2 Å². The molecule has 0 aromatic carbocycles. The maximum absolute atomic E-state index is 12.1. The Morgan fingerprint density at radius 3 is 2.19 bits per heavy atom. The van der Waals surface area contributed by atoms with Gasteiger partial charge in [0.25, 0.3) is 0 Å². The number of nitrogens with one attached hydrogen (secondary N) is 2. The molecule has 21 heavy (non-hydrogen) atoms. The SMILES string of the molecule is CCCCCC(C1CCCCC1)C1C(=O)NC(=O)NC1=O. The highest BCUT2D eigenvalue weighted by atomic mass is 16.2. The second kappa shape index (κ2) is 7.57. The van der Waals surface area contributed by atoms with E-state index in [9.17, 15) is 14.4 Å². The molecule has 1 saturated heterocycles. The molecule has 0 spiro atoms. The lowest BCUT2D eigenvalue weighted by atomic mass is 9.71. The van der Waals surface area contributed by atoms with Gasteiger partial charge in [-0.15, -0.1) is 0 Å². The molecule has 2 aliphatic rings. The summed E-state index contributed by atoms with van der Waals surface area (Å²) < 4.78 is 0. The number of unbranched alkanes of at least 4 members (excludes halogenated alkanes) is 2. The van der Waals surface area contributed by atoms with Crippen molar-refractivity contribution in [3.63, 3.8) is 0 Å². The molecular formula is C16H26N2O3. The highest BCUT2D eigenvalue weighted by Crippen LogP contribution is 2.37. The smallest absolute Gasteiger partial charge is 0.277 e. The van der Waals surface area contributed by atoms with Crippen LogP contribution in [-0.4, -0.2) is 17.8 Å². The Labute approximate surface area is 126 Å². The van der Waals surface area contributed by atoms with Crippen molar-refractivity contribution in [2.75, 3.05) is 0 Å². The van der Waals surface area contributed by atoms with Gasteiger partial charge < -0.3 is 0 Å². The van der Waals surface area contributed by atoms with Crippen molar-refractivity contribution in [1.82, 2.24) is 10.6 Å². The normalized spacial score (nSPS) is 22.8. The van der Waals surface area contributed by atoms with Gasteiger partial charge in [0.15, 0.2) is 0 Å². The summed E-state index contributed by atoms with van der Waals surface area (Å²) in [6.07, 6.45) is 10.0. The van der Waals surface area contributed by atoms with Crippen molar-refractivity contribution in [1.29, 1.82) is 0 Å². The van der Waals surface area contributed by atoms with E-state index in [2.05, 4.69) is 17.6 Å². The van der Waals surface area contributed by atoms with E-state index in [1.165, 1.54) is 19.3 Å². The van der Waals surface area contributed by atoms with Crippen LogP contribution in [0.5, 0.6) is 0 Å². The minimum absolute atomic E-state index is 0.0740. The van der Waals surface area contributed by atoms with Gasteiger partial charge in [0.2, 0.25) is 11.8 Å². The summed E-state index contributed by atoms with van der Waals surface area (Å²) in [7, 11) is 0. The fourth-order valence-electron chi connectivity index (χ4n) is 3.79. The van der Waals surface area contributed by atoms with Crippen LogP contribution in [0.2, 0.25) is 0 Å². The third-order valence-electron chi connectivity index (χ3n) is 4.86. The van der Waals surface area contributed by atoms with Gasteiger partial charge in [-0.25, -0.2) is 4.79 Å². The van der Waals surface area contributed by atoms with Crippen LogP contribution in [0.3, 0.4) is 0 Å². The predicted molar refractivity (Wildman–Crippen MR) is 79.4 cm³/mol. The van der Waals surface area contributed by atoms with Crippen LogP contribution >= 0.6 is 0 Å². The minimum atomic E-state index is -0.692. The molecule has 4 amide bonds. The first kappa shape index (κ1) is 16.0. The van der Waals surface area contributed by atoms with Crippen molar-refractivity contribution in [2.24, 2.45) is 17.8 Å². The zero-order chi connectivity index (χ0) is 15.2. The summed E-state index contributed by atoms with van der Waals surface area (Å²) in [6.45, 7) is 2.15. The van der Waals surface area contributed by atoms with Gasteiger partial charge in [-0.1, -0.05) is 58.3 Å². The Morgan fingerprint density at radius 1 is 1.00 bits per heavy atom. The average molecular weight is 294 g/mol. The topological polar surface area (TPSA) is 75.3 Å². The second-order valence-corrected chi connectivity index (χ2v) is 6.34. The molecule has 5 heteroatoms. The Hall–Kier alpha value is -1.39. The second-order valence-electron chi connectivity index (χ2n) is 6.34. The highest BCUT2D eigenvalue weighted by molar-refractivity contribution is 6.16. The van der Waals surface area contributed by atoms with E-state index in [0.717, 1.165) is 38.5 Å². The number of barbiturate groups is 1. The average Bonchev–Trinajstić information content (AvgIpc) is 2.45. The van der Waals surface area contributed by atoms with Crippen LogP contribution in [0.15, 0.2) is 0 Å². The third kappa shape index (κ3) is 4.05. The molecule has 1 aliphatic carbocycles. The van der Waals surface area contributed by atoms with E-state index in [1.54, 1.807) is 0 Å². The molecule has 2 N–H and O–H groups in total. The monoisotopic (exact) mass is 294 g/mol. The number of carbonyl (C=O) groups excluding carboxylic acids is 3. The molecule has 0 aromatic heterocycles. The van der Waals surface area contributed by atoms with Gasteiger partial charge in [0, 0.05) is 0 Å². The van der Waals surface area contributed by atoms with E-state index in [4.69, 9.17) is 0 Å². The molecule has 1 heterocycles. The molecule has 0 radical (unpaired) electrons. The molecule has 5 nitrogen and oxygen atoms in total. The highest BCUT2D eigenvalue weighted by Gasteiger charge is 2.42. The van der Waals surface area contributed by atoms with Crippen LogP contribution in [0.4, 0.5) is 4.79 Å². The van der Waals surface area contributed by atoms with E-state index < -0.39 is 23.8 Å². The van der Waals surface area contributed by atoms with Gasteiger partial charge in [0.05, 0.1) is 0 Å². The van der Waals surface area contributed by atoms with E-state index in [-0.39, 0.29) is 5.92 Å². The molecule has 1 atom stereocenters. The van der Waals surface area contributed by atoms with Crippen molar-refractivity contribution < 1.29 is 14.4 Å². The Morgan fingerprint density at radius 2 is 1.62 bits per heavy atom. The molecule has 1 saturated carbocycles. The van der Waals surface area contributed by atoms with Crippen LogP contribution in [0.25, 0.3) is 0 Å². The standard InChI is InChI=1S/C16H26N2O3/c1-2-3-5-10-12(11-8-6-4-7-9-11)13-14(19)17-16(21)18-15(13)20/h11-13H,2-10H2,1H3,(H2,17,18,19,20,21). The van der Waals surface area contributed by atoms with Gasteiger partial charge >= 0.3 is 6.03 Å². The molecule has 1 aliphatic heterocycles. The lowest BCUT2D eigenvalue weighted by Crippen LogP contribution is -2.58. The van der Waals surface area contributed by atoms with Crippen LogP contribution in [0, 0.1) is 17.8 Å². The van der Waals surface area contributed by atoms with Gasteiger partial charge in [-0.05, 0) is 18.3 Å². The fourth-order valence-corrected chi connectivity index (χ4v) is 3.79. The summed E-state index contributed by atoms with van der Waals surface area (Å²) >= 11 is 0. The summed E-state index contributed by atoms with van der Waals surface area (Å²) in [5, 5.41) is 4.52. The molecule has 2 fully saturated rings. The van der Waals surface area contributed by atoms with Crippen molar-refractivity contribution in [3.05, 3.63) is 0 Å². The van der Waals surface area contributed by atoms with Crippen LogP contribution in [0.1, 0.15) is 64.7 Å². The van der Waals surface area contributed by atoms with E-state index in [1.807, 2.05) is 0 Å². The van der Waals surface area contributed by atoms with Crippen molar-refractivity contribution in [2.45, 2.75) is 64.7 Å². The van der Waals surface area contributed by atoms with Crippen LogP contribution in [-0.2, 0) is 9.59 Å². The zero-order valence-electron chi connectivity index (χ0n) is 12.8. The molecule has 2 rings (SSSR count). The predicted octanol–water partition coefficient (Wildman–Crippen LogP) is 2.75. The molecule has 0 aromatic rings. The molecular weight excluding hydrogens is 268 g/mol. The summed E-state index contributed by atoms with van der Waals surface area (Å²) in [5.41, 5.74) is 0. The maximum atomic E-state index is 12.1. The summed E-state index contributed by atoms with van der Waals surface area (Å²) in [5.74, 6) is -0.996. The number of urea groups is 1. The number of rotatable bonds is 6. The third-order valence-corrected chi connectivity index (χ3v) is 4.86. The lowest BCUT2D eigenvalue weighted by molar-refractivity contribution is -0.139. The zero-order valence-corrected chi connectivity index (χ0v) is 12.8. The Balaban J connectivity index is 2.10. The number of hydrogen-bond donors (Lipinski definition) is 2. The van der Waals surface area contributed by atoms with Crippen LogP contribution < -0.4 is 10.6 Å². The number of carbonyl (C=O) groups is 3. The minimum Gasteiger partial charge on any atom is -0.277 e. The Bertz CT molecular complexity index is 382. The Kier molecular flexibility index (Phi) is 5.76. The summed E-state index contributed by atoms with van der Waals surface area (Å²) in [6, 6.07) is -0.683.